The summed E-state index contributed by atoms with van der Waals surface area (Å²) in [6.07, 6.45) is -2.75. The van der Waals surface area contributed by atoms with Crippen molar-refractivity contribution in [1.29, 1.82) is 5.41 Å². The second-order valence-electron chi connectivity index (χ2n) is 5.34. The lowest BCUT2D eigenvalue weighted by Crippen LogP contribution is -2.25. The molecule has 2 aromatic rings. The summed E-state index contributed by atoms with van der Waals surface area (Å²) in [4.78, 5) is 20.2. The number of allylic oxidation sites excluding steroid dienone is 2. The number of benzene rings is 1. The van der Waals surface area contributed by atoms with Gasteiger partial charge in [0.05, 0.1) is 22.4 Å². The number of halogens is 3. The average Bonchev–Trinajstić information content (AvgIpc) is 2.91. The minimum Gasteiger partial charge on any atom is -0.383 e. The lowest BCUT2D eigenvalue weighted by atomic mass is 10.0. The molecule has 2 heterocycles. The van der Waals surface area contributed by atoms with Gasteiger partial charge in [0.15, 0.2) is 0 Å². The van der Waals surface area contributed by atoms with Gasteiger partial charge in [0, 0.05) is 12.1 Å². The summed E-state index contributed by atoms with van der Waals surface area (Å²) in [5, 5.41) is 10.9. The molecule has 0 spiro atoms. The lowest BCUT2D eigenvalue weighted by molar-refractivity contribution is -0.0577. The molecule has 25 heavy (non-hydrogen) atoms. The summed E-state index contributed by atoms with van der Waals surface area (Å²) < 4.78 is 38.9. The van der Waals surface area contributed by atoms with Crippen LogP contribution >= 0.6 is 0 Å². The number of hydrogen-bond acceptors (Lipinski definition) is 4. The maximum Gasteiger partial charge on any atom is 0.433 e. The molecule has 6 nitrogen and oxygen atoms in total. The van der Waals surface area contributed by atoms with Crippen molar-refractivity contribution in [2.75, 3.05) is 6.54 Å². The largest absolute Gasteiger partial charge is 0.433 e. The molecular formula is C16H14F3N5O. The molecular weight excluding hydrogens is 335 g/mol. The second kappa shape index (κ2) is 6.08. The van der Waals surface area contributed by atoms with E-state index in [-0.39, 0.29) is 17.1 Å². The number of alkyl halides is 3. The van der Waals surface area contributed by atoms with Crippen molar-refractivity contribution in [1.82, 2.24) is 15.3 Å². The van der Waals surface area contributed by atoms with Crippen LogP contribution in [0.2, 0.25) is 0 Å². The minimum atomic E-state index is -4.60. The first kappa shape index (κ1) is 16.7. The van der Waals surface area contributed by atoms with Crippen LogP contribution in [0, 0.1) is 5.41 Å². The Morgan fingerprint density at radius 3 is 2.64 bits per heavy atom. The number of nitrogens with zero attached hydrogens (tertiary/aromatic N) is 1. The lowest BCUT2D eigenvalue weighted by Gasteiger charge is -2.18. The zero-order valence-electron chi connectivity index (χ0n) is 13.1. The Morgan fingerprint density at radius 2 is 1.96 bits per heavy atom. The van der Waals surface area contributed by atoms with Gasteiger partial charge in [-0.3, -0.25) is 5.41 Å². The molecule has 9 heteroatoms. The first-order valence-electron chi connectivity index (χ1n) is 7.43. The summed E-state index contributed by atoms with van der Waals surface area (Å²) in [5.41, 5.74) is 0.220. The van der Waals surface area contributed by atoms with Gasteiger partial charge in [-0.25, -0.2) is 9.79 Å². The molecule has 0 saturated carbocycles. The van der Waals surface area contributed by atoms with E-state index < -0.39 is 11.9 Å². The molecule has 0 saturated heterocycles. The van der Waals surface area contributed by atoms with Gasteiger partial charge in [0.25, 0.3) is 0 Å². The quantitative estimate of drug-likeness (QED) is 0.685. The van der Waals surface area contributed by atoms with Crippen LogP contribution in [0.25, 0.3) is 16.7 Å². The minimum absolute atomic E-state index is 0.103. The number of nitrogens with one attached hydrogen (secondary N) is 4. The molecule has 1 aromatic carbocycles. The summed E-state index contributed by atoms with van der Waals surface area (Å²) in [6, 6.07) is 4.90. The molecule has 4 N–H and O–H groups in total. The van der Waals surface area contributed by atoms with Crippen LogP contribution in [0.1, 0.15) is 12.5 Å². The maximum atomic E-state index is 13.0. The number of aliphatic imine (C=N–C) groups is 1. The van der Waals surface area contributed by atoms with E-state index in [2.05, 4.69) is 20.3 Å². The first-order chi connectivity index (χ1) is 11.8. The highest BCUT2D eigenvalue weighted by atomic mass is 19.4. The van der Waals surface area contributed by atoms with Gasteiger partial charge >= 0.3 is 11.9 Å². The molecule has 1 aliphatic heterocycles. The fourth-order valence-corrected chi connectivity index (χ4v) is 2.49. The number of aromatic nitrogens is 2. The van der Waals surface area contributed by atoms with Gasteiger partial charge in [0.2, 0.25) is 0 Å². The maximum absolute atomic E-state index is 13.0. The number of aromatic amines is 2. The first-order valence-corrected chi connectivity index (χ1v) is 7.43. The van der Waals surface area contributed by atoms with E-state index in [1.54, 1.807) is 25.1 Å². The highest BCUT2D eigenvalue weighted by Crippen LogP contribution is 2.27. The number of H-pyrrole nitrogens is 2. The third kappa shape index (κ3) is 3.25. The van der Waals surface area contributed by atoms with Crippen molar-refractivity contribution in [2.45, 2.75) is 13.1 Å². The summed E-state index contributed by atoms with van der Waals surface area (Å²) >= 11 is 0. The van der Waals surface area contributed by atoms with Crippen LogP contribution in [0.5, 0.6) is 0 Å². The SMILES string of the molecule is CCN/C(=C1/N=C(C(F)(F)F)C=CC1=N)c1ccc2[nH]c(=O)[nH]c2c1. The molecule has 0 aliphatic carbocycles. The van der Waals surface area contributed by atoms with Gasteiger partial charge in [-0.1, -0.05) is 6.07 Å². The molecule has 130 valence electrons. The Bertz CT molecular complexity index is 991. The van der Waals surface area contributed by atoms with E-state index in [0.29, 0.717) is 28.8 Å². The molecule has 3 rings (SSSR count). The van der Waals surface area contributed by atoms with E-state index in [9.17, 15) is 18.0 Å². The fourth-order valence-electron chi connectivity index (χ4n) is 2.49. The molecule has 0 bridgehead atoms. The van der Waals surface area contributed by atoms with E-state index in [4.69, 9.17) is 5.41 Å². The highest BCUT2D eigenvalue weighted by molar-refractivity contribution is 6.19. The van der Waals surface area contributed by atoms with Gasteiger partial charge in [0.1, 0.15) is 11.4 Å². The smallest absolute Gasteiger partial charge is 0.383 e. The third-order valence-corrected chi connectivity index (χ3v) is 3.58. The highest BCUT2D eigenvalue weighted by Gasteiger charge is 2.36. The molecule has 0 atom stereocenters. The van der Waals surface area contributed by atoms with Crippen LogP contribution in [-0.2, 0) is 0 Å². The van der Waals surface area contributed by atoms with Crippen LogP contribution in [0.4, 0.5) is 13.2 Å². The van der Waals surface area contributed by atoms with Gasteiger partial charge in [-0.05, 0) is 31.2 Å². The van der Waals surface area contributed by atoms with Crippen molar-refractivity contribution in [3.8, 4) is 0 Å². The monoisotopic (exact) mass is 349 g/mol. The Morgan fingerprint density at radius 1 is 1.24 bits per heavy atom. The van der Waals surface area contributed by atoms with Crippen molar-refractivity contribution in [2.24, 2.45) is 4.99 Å². The summed E-state index contributed by atoms with van der Waals surface area (Å²) in [5.74, 6) is 0. The molecule has 1 aliphatic rings. The molecule has 1 aromatic heterocycles. The molecule has 0 unspecified atom stereocenters. The number of dihydropyridines is 1. The van der Waals surface area contributed by atoms with E-state index in [0.717, 1.165) is 12.2 Å². The van der Waals surface area contributed by atoms with Crippen LogP contribution < -0.4 is 11.0 Å². The number of imidazole rings is 1. The number of hydrogen-bond donors (Lipinski definition) is 4. The standard InChI is InChI=1S/C16H14F3N5O/c1-2-21-13(8-3-5-10-11(7-8)23-15(25)22-10)14-9(20)4-6-12(24-14)16(17,18)19/h3-7,20-21H,2H2,1H3,(H2,22,23,25)/b14-13+,20-9?. The van der Waals surface area contributed by atoms with Crippen molar-refractivity contribution < 1.29 is 13.2 Å². The molecule has 0 fully saturated rings. The van der Waals surface area contributed by atoms with Gasteiger partial charge in [-0.15, -0.1) is 0 Å². The fraction of sp³-hybridized carbons (Fsp3) is 0.188. The van der Waals surface area contributed by atoms with Gasteiger partial charge < -0.3 is 15.3 Å². The summed E-state index contributed by atoms with van der Waals surface area (Å²) in [7, 11) is 0. The topological polar surface area (TPSA) is 96.9 Å². The zero-order chi connectivity index (χ0) is 18.2. The Balaban J connectivity index is 2.19. The predicted molar refractivity (Wildman–Crippen MR) is 89.9 cm³/mol. The average molecular weight is 349 g/mol. The zero-order valence-corrected chi connectivity index (χ0v) is 13.1. The van der Waals surface area contributed by atoms with E-state index in [1.807, 2.05) is 0 Å². The molecule has 0 amide bonds. The van der Waals surface area contributed by atoms with Crippen molar-refractivity contribution >= 4 is 28.2 Å². The normalized spacial score (nSPS) is 17.0. The number of rotatable bonds is 3. The summed E-state index contributed by atoms with van der Waals surface area (Å²) in [6.45, 7) is 2.21. The van der Waals surface area contributed by atoms with Crippen LogP contribution in [-0.4, -0.2) is 34.1 Å². The van der Waals surface area contributed by atoms with Crippen LogP contribution in [0.15, 0.2) is 45.8 Å². The second-order valence-corrected chi connectivity index (χ2v) is 5.34. The Hall–Kier alpha value is -3.10. The van der Waals surface area contributed by atoms with E-state index in [1.165, 1.54) is 0 Å². The van der Waals surface area contributed by atoms with Crippen molar-refractivity contribution in [3.05, 3.63) is 52.1 Å². The molecule has 0 radical (unpaired) electrons. The number of fused-ring (bicyclic) bond motifs is 1. The Kier molecular flexibility index (Phi) is 4.07. The predicted octanol–water partition coefficient (Wildman–Crippen LogP) is 2.73. The Labute approximate surface area is 139 Å². The van der Waals surface area contributed by atoms with E-state index >= 15 is 0 Å². The van der Waals surface area contributed by atoms with Gasteiger partial charge in [-0.2, -0.15) is 13.2 Å². The van der Waals surface area contributed by atoms with Crippen LogP contribution in [0.3, 0.4) is 0 Å². The van der Waals surface area contributed by atoms with Crippen molar-refractivity contribution in [3.63, 3.8) is 0 Å². The third-order valence-electron chi connectivity index (χ3n) is 3.58.